The minimum absolute atomic E-state index is 0.0711. The predicted molar refractivity (Wildman–Crippen MR) is 56.3 cm³/mol. The number of hydrogen-bond acceptors (Lipinski definition) is 6. The van der Waals surface area contributed by atoms with Crippen molar-refractivity contribution in [2.24, 2.45) is 0 Å². The molecule has 15 heavy (non-hydrogen) atoms. The van der Waals surface area contributed by atoms with Gasteiger partial charge in [0.05, 0.1) is 13.2 Å². The molecule has 1 aromatic heterocycles. The normalized spacial score (nSPS) is 12.0. The van der Waals surface area contributed by atoms with Crippen molar-refractivity contribution in [3.63, 3.8) is 0 Å². The molecule has 0 aliphatic carbocycles. The van der Waals surface area contributed by atoms with Crippen LogP contribution in [0.2, 0.25) is 0 Å². The first kappa shape index (κ1) is 11.5. The molecule has 1 atom stereocenters. The number of ether oxygens (including phenoxy) is 2. The number of methoxy groups -OCH3 is 1. The van der Waals surface area contributed by atoms with Crippen LogP contribution in [0.25, 0.3) is 0 Å². The predicted octanol–water partition coefficient (Wildman–Crippen LogP) is 1.10. The maximum Gasteiger partial charge on any atom is 0.324 e. The second kappa shape index (κ2) is 5.33. The molecule has 0 saturated heterocycles. The van der Waals surface area contributed by atoms with Gasteiger partial charge in [-0.25, -0.2) is 0 Å². The summed E-state index contributed by atoms with van der Waals surface area (Å²) in [7, 11) is 3.23. The summed E-state index contributed by atoms with van der Waals surface area (Å²) in [5.74, 6) is 0.431. The maximum absolute atomic E-state index is 5.47. The third-order valence-corrected chi connectivity index (χ3v) is 1.88. The van der Waals surface area contributed by atoms with Gasteiger partial charge in [0.25, 0.3) is 0 Å². The summed E-state index contributed by atoms with van der Waals surface area (Å²) in [4.78, 5) is 12.0. The number of hydrogen-bond donors (Lipinski definition) is 1. The van der Waals surface area contributed by atoms with E-state index in [1.54, 1.807) is 7.05 Å². The smallest absolute Gasteiger partial charge is 0.324 e. The molecular weight excluding hydrogens is 196 g/mol. The van der Waals surface area contributed by atoms with E-state index in [2.05, 4.69) is 20.3 Å². The van der Waals surface area contributed by atoms with E-state index in [1.165, 1.54) is 7.11 Å². The van der Waals surface area contributed by atoms with Gasteiger partial charge in [-0.1, -0.05) is 6.92 Å². The maximum atomic E-state index is 5.47. The average molecular weight is 212 g/mol. The molecule has 1 heterocycles. The zero-order chi connectivity index (χ0) is 11.3. The first-order chi connectivity index (χ1) is 7.19. The lowest BCUT2D eigenvalue weighted by Crippen LogP contribution is -2.13. The standard InChI is InChI=1S/C9H16N4O2/c1-5-6(2)15-9-12-7(10-3)11-8(13-9)14-4/h6H,5H2,1-4H3,(H,10,11,12,13). The zero-order valence-electron chi connectivity index (χ0n) is 9.44. The lowest BCUT2D eigenvalue weighted by molar-refractivity contribution is 0.195. The highest BCUT2D eigenvalue weighted by Gasteiger charge is 2.09. The Balaban J connectivity index is 2.86. The number of anilines is 1. The topological polar surface area (TPSA) is 69.2 Å². The van der Waals surface area contributed by atoms with E-state index in [0.29, 0.717) is 5.95 Å². The first-order valence-electron chi connectivity index (χ1n) is 4.84. The fraction of sp³-hybridized carbons (Fsp3) is 0.667. The van der Waals surface area contributed by atoms with Crippen molar-refractivity contribution in [3.8, 4) is 12.0 Å². The second-order valence-electron chi connectivity index (χ2n) is 3.02. The molecule has 0 fully saturated rings. The highest BCUT2D eigenvalue weighted by Crippen LogP contribution is 2.13. The van der Waals surface area contributed by atoms with Gasteiger partial charge in [-0.3, -0.25) is 0 Å². The Morgan fingerprint density at radius 2 is 1.93 bits per heavy atom. The Kier molecular flexibility index (Phi) is 4.08. The summed E-state index contributed by atoms with van der Waals surface area (Å²) in [6.45, 7) is 3.98. The van der Waals surface area contributed by atoms with Gasteiger partial charge in [0.2, 0.25) is 5.95 Å². The quantitative estimate of drug-likeness (QED) is 0.788. The Labute approximate surface area is 89.1 Å². The van der Waals surface area contributed by atoms with Crippen LogP contribution in [-0.2, 0) is 0 Å². The molecule has 0 radical (unpaired) electrons. The first-order valence-corrected chi connectivity index (χ1v) is 4.84. The van der Waals surface area contributed by atoms with Crippen LogP contribution >= 0.6 is 0 Å². The Morgan fingerprint density at radius 1 is 1.27 bits per heavy atom. The van der Waals surface area contributed by atoms with Crippen molar-refractivity contribution in [2.75, 3.05) is 19.5 Å². The Hall–Kier alpha value is -1.59. The lowest BCUT2D eigenvalue weighted by Gasteiger charge is -2.11. The van der Waals surface area contributed by atoms with E-state index in [0.717, 1.165) is 6.42 Å². The summed E-state index contributed by atoms with van der Waals surface area (Å²) in [5, 5.41) is 2.81. The van der Waals surface area contributed by atoms with Gasteiger partial charge < -0.3 is 14.8 Å². The van der Waals surface area contributed by atoms with Gasteiger partial charge in [-0.05, 0) is 13.3 Å². The van der Waals surface area contributed by atoms with Crippen LogP contribution in [0.1, 0.15) is 20.3 Å². The van der Waals surface area contributed by atoms with E-state index in [1.807, 2.05) is 13.8 Å². The molecule has 6 heteroatoms. The van der Waals surface area contributed by atoms with Gasteiger partial charge in [0.15, 0.2) is 0 Å². The number of rotatable bonds is 5. The van der Waals surface area contributed by atoms with Gasteiger partial charge >= 0.3 is 12.0 Å². The summed E-state index contributed by atoms with van der Waals surface area (Å²) >= 11 is 0. The lowest BCUT2D eigenvalue weighted by atomic mass is 10.3. The number of nitrogens with zero attached hydrogens (tertiary/aromatic N) is 3. The van der Waals surface area contributed by atoms with Crippen LogP contribution in [0.3, 0.4) is 0 Å². The summed E-state index contributed by atoms with van der Waals surface area (Å²) < 4.78 is 10.4. The molecule has 0 saturated carbocycles. The summed E-state index contributed by atoms with van der Waals surface area (Å²) in [6, 6.07) is 0.521. The molecule has 1 aromatic rings. The molecule has 0 bridgehead atoms. The van der Waals surface area contributed by atoms with Gasteiger partial charge in [-0.2, -0.15) is 9.97 Å². The van der Waals surface area contributed by atoms with Crippen molar-refractivity contribution in [2.45, 2.75) is 26.4 Å². The van der Waals surface area contributed by atoms with E-state index in [4.69, 9.17) is 9.47 Å². The SMILES string of the molecule is CCC(C)Oc1nc(NC)nc(OC)n1. The second-order valence-corrected chi connectivity index (χ2v) is 3.02. The van der Waals surface area contributed by atoms with Crippen LogP contribution in [-0.4, -0.2) is 35.2 Å². The van der Waals surface area contributed by atoms with Crippen LogP contribution in [0.5, 0.6) is 12.0 Å². The van der Waals surface area contributed by atoms with Gasteiger partial charge in [-0.15, -0.1) is 4.98 Å². The Bertz CT molecular complexity index is 297. The minimum Gasteiger partial charge on any atom is -0.467 e. The number of aromatic nitrogens is 3. The van der Waals surface area contributed by atoms with Crippen molar-refractivity contribution in [1.82, 2.24) is 15.0 Å². The number of nitrogens with one attached hydrogen (secondary N) is 1. The van der Waals surface area contributed by atoms with E-state index >= 15 is 0 Å². The monoisotopic (exact) mass is 212 g/mol. The van der Waals surface area contributed by atoms with Gasteiger partial charge in [0, 0.05) is 7.05 Å². The summed E-state index contributed by atoms with van der Waals surface area (Å²) in [5.41, 5.74) is 0. The third-order valence-electron chi connectivity index (χ3n) is 1.88. The molecule has 0 amide bonds. The largest absolute Gasteiger partial charge is 0.467 e. The summed E-state index contributed by atoms with van der Waals surface area (Å²) in [6.07, 6.45) is 0.963. The highest BCUT2D eigenvalue weighted by molar-refractivity contribution is 5.26. The molecule has 1 rings (SSSR count). The Morgan fingerprint density at radius 3 is 2.47 bits per heavy atom. The van der Waals surface area contributed by atoms with Crippen LogP contribution in [0.4, 0.5) is 5.95 Å². The minimum atomic E-state index is 0.0711. The fourth-order valence-corrected chi connectivity index (χ4v) is 0.857. The van der Waals surface area contributed by atoms with Crippen LogP contribution < -0.4 is 14.8 Å². The van der Waals surface area contributed by atoms with Crippen molar-refractivity contribution in [3.05, 3.63) is 0 Å². The molecule has 1 N–H and O–H groups in total. The van der Waals surface area contributed by atoms with Crippen LogP contribution in [0.15, 0.2) is 0 Å². The zero-order valence-corrected chi connectivity index (χ0v) is 9.44. The van der Waals surface area contributed by atoms with Crippen molar-refractivity contribution < 1.29 is 9.47 Å². The molecule has 84 valence electrons. The molecule has 0 aliphatic heterocycles. The molecular formula is C9H16N4O2. The van der Waals surface area contributed by atoms with Crippen molar-refractivity contribution >= 4 is 5.95 Å². The van der Waals surface area contributed by atoms with E-state index in [-0.39, 0.29) is 18.1 Å². The molecule has 0 aliphatic rings. The third kappa shape index (κ3) is 3.23. The van der Waals surface area contributed by atoms with E-state index in [9.17, 15) is 0 Å². The molecule has 0 spiro atoms. The average Bonchev–Trinajstić information content (AvgIpc) is 2.28. The van der Waals surface area contributed by atoms with Crippen LogP contribution in [0, 0.1) is 0 Å². The van der Waals surface area contributed by atoms with Gasteiger partial charge in [0.1, 0.15) is 0 Å². The molecule has 1 unspecified atom stereocenters. The fourth-order valence-electron chi connectivity index (χ4n) is 0.857. The molecule has 0 aromatic carbocycles. The highest BCUT2D eigenvalue weighted by atomic mass is 16.5. The van der Waals surface area contributed by atoms with Crippen molar-refractivity contribution in [1.29, 1.82) is 0 Å². The van der Waals surface area contributed by atoms with E-state index < -0.39 is 0 Å². The molecule has 6 nitrogen and oxygen atoms in total.